The highest BCUT2D eigenvalue weighted by molar-refractivity contribution is 5.78. The van der Waals surface area contributed by atoms with Crippen LogP contribution in [0.1, 0.15) is 51.5 Å². The first-order valence-electron chi connectivity index (χ1n) is 10.7. The molecule has 30 heavy (non-hydrogen) atoms. The lowest BCUT2D eigenvalue weighted by Gasteiger charge is -2.19. The van der Waals surface area contributed by atoms with E-state index >= 15 is 0 Å². The minimum Gasteiger partial charge on any atom is -0.481 e. The molecule has 0 radical (unpaired) electrons. The van der Waals surface area contributed by atoms with Gasteiger partial charge in [-0.2, -0.15) is 0 Å². The van der Waals surface area contributed by atoms with E-state index in [4.69, 9.17) is 9.47 Å². The van der Waals surface area contributed by atoms with Crippen molar-refractivity contribution in [2.24, 2.45) is 5.92 Å². The minimum atomic E-state index is -0.328. The Labute approximate surface area is 177 Å². The number of aromatic nitrogens is 1. The van der Waals surface area contributed by atoms with Gasteiger partial charge in [-0.15, -0.1) is 0 Å². The van der Waals surface area contributed by atoms with Gasteiger partial charge in [0, 0.05) is 24.3 Å². The number of carbonyl (C=O) groups is 2. The van der Waals surface area contributed by atoms with Gasteiger partial charge < -0.3 is 20.1 Å². The number of amides is 2. The van der Waals surface area contributed by atoms with Crippen molar-refractivity contribution < 1.29 is 19.1 Å². The molecule has 1 aliphatic heterocycles. The van der Waals surface area contributed by atoms with Crippen LogP contribution in [0.15, 0.2) is 18.3 Å². The molecule has 1 aromatic rings. The number of rotatable bonds is 8. The number of carbonyl (C=O) groups excluding carboxylic acids is 2. The summed E-state index contributed by atoms with van der Waals surface area (Å²) in [5.74, 6) is 0.847. The highest BCUT2D eigenvalue weighted by Gasteiger charge is 2.37. The zero-order chi connectivity index (χ0) is 21.5. The minimum absolute atomic E-state index is 0.0452. The van der Waals surface area contributed by atoms with Crippen LogP contribution in [0.2, 0.25) is 0 Å². The van der Waals surface area contributed by atoms with Gasteiger partial charge in [0.05, 0.1) is 19.7 Å². The Kier molecular flexibility index (Phi) is 7.87. The second-order valence-electron chi connectivity index (χ2n) is 8.19. The number of nitrogens with one attached hydrogen (secondary N) is 4. The first-order valence-corrected chi connectivity index (χ1v) is 10.7. The van der Waals surface area contributed by atoms with Crippen molar-refractivity contribution in [1.29, 1.82) is 0 Å². The molecule has 9 nitrogen and oxygen atoms in total. The molecular formula is C21H33N5O4. The van der Waals surface area contributed by atoms with Gasteiger partial charge in [-0.05, 0) is 56.6 Å². The number of hydrogen-bond acceptors (Lipinski definition) is 7. The smallest absolute Gasteiger partial charge is 0.407 e. The van der Waals surface area contributed by atoms with Crippen molar-refractivity contribution in [3.63, 3.8) is 0 Å². The van der Waals surface area contributed by atoms with E-state index in [1.54, 1.807) is 25.4 Å². The number of hydrogen-bond donors (Lipinski definition) is 4. The Morgan fingerprint density at radius 1 is 1.30 bits per heavy atom. The molecule has 2 amide bonds. The van der Waals surface area contributed by atoms with Gasteiger partial charge in [-0.1, -0.05) is 6.92 Å². The van der Waals surface area contributed by atoms with Crippen molar-refractivity contribution in [2.75, 3.05) is 7.11 Å². The summed E-state index contributed by atoms with van der Waals surface area (Å²) >= 11 is 0. The van der Waals surface area contributed by atoms with Gasteiger partial charge in [0.25, 0.3) is 0 Å². The van der Waals surface area contributed by atoms with Crippen LogP contribution in [0.4, 0.5) is 4.79 Å². The Morgan fingerprint density at radius 2 is 2.13 bits per heavy atom. The van der Waals surface area contributed by atoms with Gasteiger partial charge in [0.2, 0.25) is 11.8 Å². The predicted octanol–water partition coefficient (Wildman–Crippen LogP) is 1.63. The fraction of sp³-hybridized carbons (Fsp3) is 0.667. The average molecular weight is 420 g/mol. The summed E-state index contributed by atoms with van der Waals surface area (Å²) in [4.78, 5) is 28.4. The van der Waals surface area contributed by atoms with Gasteiger partial charge in [0.15, 0.2) is 0 Å². The van der Waals surface area contributed by atoms with Gasteiger partial charge in [-0.25, -0.2) is 15.2 Å². The maximum Gasteiger partial charge on any atom is 0.407 e. The highest BCUT2D eigenvalue weighted by atomic mass is 16.6. The number of ether oxygens (including phenoxy) is 2. The Bertz CT molecular complexity index is 731. The highest BCUT2D eigenvalue weighted by Crippen LogP contribution is 2.32. The summed E-state index contributed by atoms with van der Waals surface area (Å²) in [7, 11) is 1.55. The molecule has 0 spiro atoms. The third-order valence-electron chi connectivity index (χ3n) is 5.89. The summed E-state index contributed by atoms with van der Waals surface area (Å²) in [6, 6.07) is 3.93. The van der Waals surface area contributed by atoms with Crippen LogP contribution in [-0.2, 0) is 16.0 Å². The Hall–Kier alpha value is -2.39. The van der Waals surface area contributed by atoms with E-state index < -0.39 is 0 Å². The number of methoxy groups -OCH3 is 1. The molecule has 1 saturated heterocycles. The van der Waals surface area contributed by atoms with Crippen molar-refractivity contribution in [2.45, 2.75) is 76.7 Å². The molecule has 1 aromatic heterocycles. The first kappa shape index (κ1) is 22.3. The molecule has 9 heteroatoms. The molecule has 1 saturated carbocycles. The Balaban J connectivity index is 1.40. The molecular weight excluding hydrogens is 386 g/mol. The third-order valence-corrected chi connectivity index (χ3v) is 5.89. The summed E-state index contributed by atoms with van der Waals surface area (Å²) in [5, 5.41) is 5.87. The van der Waals surface area contributed by atoms with E-state index in [1.165, 1.54) is 0 Å². The number of nitrogens with zero attached hydrogens (tertiary/aromatic N) is 1. The molecule has 2 unspecified atom stereocenters. The lowest BCUT2D eigenvalue weighted by atomic mass is 9.96. The van der Waals surface area contributed by atoms with E-state index in [0.717, 1.165) is 37.7 Å². The van der Waals surface area contributed by atoms with Crippen LogP contribution in [0.3, 0.4) is 0 Å². The van der Waals surface area contributed by atoms with E-state index in [2.05, 4.69) is 26.5 Å². The molecule has 166 valence electrons. The van der Waals surface area contributed by atoms with Gasteiger partial charge in [-0.3, -0.25) is 10.2 Å². The average Bonchev–Trinajstić information content (AvgIpc) is 3.37. The van der Waals surface area contributed by atoms with Crippen LogP contribution in [-0.4, -0.2) is 48.4 Å². The van der Waals surface area contributed by atoms with Crippen molar-refractivity contribution >= 4 is 12.0 Å². The number of hydrazine groups is 1. The summed E-state index contributed by atoms with van der Waals surface area (Å²) in [6.07, 6.45) is 5.78. The summed E-state index contributed by atoms with van der Waals surface area (Å²) < 4.78 is 10.7. The summed E-state index contributed by atoms with van der Waals surface area (Å²) in [6.45, 7) is 3.99. The van der Waals surface area contributed by atoms with Crippen LogP contribution in [0, 0.1) is 5.92 Å². The molecule has 3 rings (SSSR count). The lowest BCUT2D eigenvalue weighted by Crippen LogP contribution is -2.45. The van der Waals surface area contributed by atoms with E-state index in [-0.39, 0.29) is 42.8 Å². The largest absolute Gasteiger partial charge is 0.481 e. The molecule has 2 fully saturated rings. The van der Waals surface area contributed by atoms with Gasteiger partial charge >= 0.3 is 6.09 Å². The van der Waals surface area contributed by atoms with Crippen molar-refractivity contribution in [3.05, 3.63) is 23.9 Å². The van der Waals surface area contributed by atoms with E-state index in [9.17, 15) is 9.59 Å². The van der Waals surface area contributed by atoms with Crippen LogP contribution < -0.4 is 26.2 Å². The van der Waals surface area contributed by atoms with Crippen LogP contribution in [0.25, 0.3) is 0 Å². The monoisotopic (exact) mass is 419 g/mol. The normalized spacial score (nSPS) is 26.8. The lowest BCUT2D eigenvalue weighted by molar-refractivity contribution is -0.121. The number of alkyl carbamates (subject to hydrolysis) is 1. The molecule has 2 aliphatic rings. The van der Waals surface area contributed by atoms with Crippen LogP contribution in [0.5, 0.6) is 5.88 Å². The zero-order valence-corrected chi connectivity index (χ0v) is 17.9. The van der Waals surface area contributed by atoms with Crippen molar-refractivity contribution in [1.82, 2.24) is 26.5 Å². The molecule has 0 bridgehead atoms. The van der Waals surface area contributed by atoms with Crippen LogP contribution >= 0.6 is 0 Å². The quantitative estimate of drug-likeness (QED) is 0.506. The van der Waals surface area contributed by atoms with Crippen molar-refractivity contribution in [3.8, 4) is 5.88 Å². The second-order valence-corrected chi connectivity index (χ2v) is 8.19. The molecule has 2 heterocycles. The summed E-state index contributed by atoms with van der Waals surface area (Å²) in [5.41, 5.74) is 7.33. The SMILES string of the molecule is CC[C@H](C)NC(=O)O[C@@H]1CC[C@H](C2CC(NC(=O)Cc3ccnc(OC)c3)NN2)C1. The molecule has 0 aromatic carbocycles. The fourth-order valence-electron chi connectivity index (χ4n) is 4.02. The van der Waals surface area contributed by atoms with E-state index in [0.29, 0.717) is 11.8 Å². The molecule has 4 N–H and O–H groups in total. The maximum atomic E-state index is 12.4. The Morgan fingerprint density at radius 3 is 2.90 bits per heavy atom. The predicted molar refractivity (Wildman–Crippen MR) is 112 cm³/mol. The van der Waals surface area contributed by atoms with Gasteiger partial charge in [0.1, 0.15) is 6.10 Å². The fourth-order valence-corrected chi connectivity index (χ4v) is 4.02. The third kappa shape index (κ3) is 6.30. The molecule has 1 aliphatic carbocycles. The standard InChI is InChI=1S/C21H33N5O4/c1-4-13(2)23-21(28)30-16-6-5-15(11-16)17-12-18(26-25-17)24-19(27)9-14-7-8-22-20(10-14)29-3/h7-8,10,13,15-18,25-26H,4-6,9,11-12H2,1-3H3,(H,23,28)(H,24,27)/t13-,15-,16+,17?,18?/m0/s1. The first-order chi connectivity index (χ1) is 14.5. The zero-order valence-electron chi connectivity index (χ0n) is 17.9. The number of pyridine rings is 1. The van der Waals surface area contributed by atoms with E-state index in [1.807, 2.05) is 13.8 Å². The topological polar surface area (TPSA) is 114 Å². The molecule has 5 atom stereocenters. The second kappa shape index (κ2) is 10.6. The maximum absolute atomic E-state index is 12.4.